The van der Waals surface area contributed by atoms with Crippen LogP contribution in [0.4, 0.5) is 5.69 Å². The first-order chi connectivity index (χ1) is 15.1. The summed E-state index contributed by atoms with van der Waals surface area (Å²) in [7, 11) is 1.61. The summed E-state index contributed by atoms with van der Waals surface area (Å²) in [6, 6.07) is 18.9. The molecule has 0 saturated carbocycles. The Hall–Kier alpha value is -3.80. The lowest BCUT2D eigenvalue weighted by molar-refractivity contribution is -0.118. The predicted molar refractivity (Wildman–Crippen MR) is 121 cm³/mol. The fourth-order valence-electron chi connectivity index (χ4n) is 3.31. The summed E-state index contributed by atoms with van der Waals surface area (Å²) in [6.07, 6.45) is 0.962. The number of oxazole rings is 1. The van der Waals surface area contributed by atoms with E-state index in [9.17, 15) is 4.79 Å². The van der Waals surface area contributed by atoms with Crippen LogP contribution in [-0.2, 0) is 11.2 Å². The van der Waals surface area contributed by atoms with Gasteiger partial charge in [0.15, 0.2) is 12.2 Å². The van der Waals surface area contributed by atoms with Crippen molar-refractivity contribution in [1.29, 1.82) is 0 Å². The molecule has 31 heavy (non-hydrogen) atoms. The minimum atomic E-state index is -0.234. The number of benzene rings is 3. The Bertz CT molecular complexity index is 1210. The van der Waals surface area contributed by atoms with E-state index in [0.717, 1.165) is 23.3 Å². The predicted octanol–water partition coefficient (Wildman–Crippen LogP) is 5.39. The number of carbonyl (C=O) groups excluding carboxylic acids is 1. The molecule has 0 aliphatic carbocycles. The SMILES string of the molecule is CCc1ccc(OCC(=O)Nc2cccc(-c3nc4cc(OC)ccc4o3)c2C)cc1. The van der Waals surface area contributed by atoms with Crippen molar-refractivity contribution < 1.29 is 18.7 Å². The van der Waals surface area contributed by atoms with Gasteiger partial charge in [-0.05, 0) is 60.9 Å². The highest BCUT2D eigenvalue weighted by Crippen LogP contribution is 2.31. The Labute approximate surface area is 180 Å². The fraction of sp³-hybridized carbons (Fsp3) is 0.200. The third-order valence-electron chi connectivity index (χ3n) is 5.13. The maximum atomic E-state index is 12.4. The van der Waals surface area contributed by atoms with Crippen LogP contribution in [0.25, 0.3) is 22.6 Å². The normalized spacial score (nSPS) is 10.8. The quantitative estimate of drug-likeness (QED) is 0.437. The van der Waals surface area contributed by atoms with Crippen molar-refractivity contribution in [3.05, 3.63) is 71.8 Å². The van der Waals surface area contributed by atoms with Gasteiger partial charge in [0, 0.05) is 17.3 Å². The van der Waals surface area contributed by atoms with E-state index in [2.05, 4.69) is 17.2 Å². The molecular formula is C25H24N2O4. The Balaban J connectivity index is 1.48. The minimum Gasteiger partial charge on any atom is -0.497 e. The molecular weight excluding hydrogens is 392 g/mol. The molecule has 0 spiro atoms. The van der Waals surface area contributed by atoms with E-state index < -0.39 is 0 Å². The molecule has 6 nitrogen and oxygen atoms in total. The summed E-state index contributed by atoms with van der Waals surface area (Å²) >= 11 is 0. The first-order valence-electron chi connectivity index (χ1n) is 10.1. The third kappa shape index (κ3) is 4.53. The highest BCUT2D eigenvalue weighted by atomic mass is 16.5. The van der Waals surface area contributed by atoms with Crippen molar-refractivity contribution >= 4 is 22.7 Å². The zero-order chi connectivity index (χ0) is 21.8. The molecule has 0 bridgehead atoms. The summed E-state index contributed by atoms with van der Waals surface area (Å²) in [5, 5.41) is 2.91. The van der Waals surface area contributed by atoms with Crippen LogP contribution in [0.5, 0.6) is 11.5 Å². The van der Waals surface area contributed by atoms with Crippen molar-refractivity contribution in [2.75, 3.05) is 19.0 Å². The summed E-state index contributed by atoms with van der Waals surface area (Å²) in [4.78, 5) is 17.0. The molecule has 4 rings (SSSR count). The van der Waals surface area contributed by atoms with Gasteiger partial charge in [-0.3, -0.25) is 4.79 Å². The maximum Gasteiger partial charge on any atom is 0.262 e. The van der Waals surface area contributed by atoms with Crippen LogP contribution in [0, 0.1) is 6.92 Å². The molecule has 0 saturated heterocycles. The molecule has 6 heteroatoms. The largest absolute Gasteiger partial charge is 0.497 e. The number of methoxy groups -OCH3 is 1. The van der Waals surface area contributed by atoms with E-state index in [0.29, 0.717) is 28.4 Å². The lowest BCUT2D eigenvalue weighted by atomic mass is 10.1. The number of ether oxygens (including phenoxy) is 2. The highest BCUT2D eigenvalue weighted by Gasteiger charge is 2.15. The van der Waals surface area contributed by atoms with Gasteiger partial charge in [-0.15, -0.1) is 0 Å². The Morgan fingerprint density at radius 3 is 2.58 bits per heavy atom. The van der Waals surface area contributed by atoms with E-state index in [4.69, 9.17) is 13.9 Å². The van der Waals surface area contributed by atoms with Crippen molar-refractivity contribution in [2.45, 2.75) is 20.3 Å². The van der Waals surface area contributed by atoms with E-state index in [1.165, 1.54) is 5.56 Å². The number of aryl methyl sites for hydroxylation is 1. The Morgan fingerprint density at radius 1 is 1.06 bits per heavy atom. The molecule has 0 radical (unpaired) electrons. The number of nitrogens with one attached hydrogen (secondary N) is 1. The molecule has 0 aliphatic rings. The molecule has 0 unspecified atom stereocenters. The van der Waals surface area contributed by atoms with Crippen LogP contribution >= 0.6 is 0 Å². The number of nitrogens with zero attached hydrogens (tertiary/aromatic N) is 1. The van der Waals surface area contributed by atoms with E-state index in [1.54, 1.807) is 7.11 Å². The average Bonchev–Trinajstić information content (AvgIpc) is 3.22. The molecule has 4 aromatic rings. The molecule has 1 amide bonds. The van der Waals surface area contributed by atoms with Gasteiger partial charge in [0.1, 0.15) is 17.0 Å². The Kier molecular flexibility index (Phi) is 5.89. The zero-order valence-electron chi connectivity index (χ0n) is 17.8. The van der Waals surface area contributed by atoms with Gasteiger partial charge in [-0.25, -0.2) is 4.98 Å². The number of rotatable bonds is 7. The van der Waals surface area contributed by atoms with Gasteiger partial charge in [-0.2, -0.15) is 0 Å². The topological polar surface area (TPSA) is 73.6 Å². The second-order valence-corrected chi connectivity index (χ2v) is 7.17. The smallest absolute Gasteiger partial charge is 0.262 e. The summed E-state index contributed by atoms with van der Waals surface area (Å²) < 4.78 is 16.8. The van der Waals surface area contributed by atoms with Crippen molar-refractivity contribution in [1.82, 2.24) is 4.98 Å². The van der Waals surface area contributed by atoms with Crippen molar-refractivity contribution in [3.8, 4) is 23.0 Å². The molecule has 0 fully saturated rings. The first-order valence-corrected chi connectivity index (χ1v) is 10.1. The number of hydrogen-bond acceptors (Lipinski definition) is 5. The van der Waals surface area contributed by atoms with Crippen LogP contribution in [0.3, 0.4) is 0 Å². The first kappa shape index (κ1) is 20.5. The fourth-order valence-corrected chi connectivity index (χ4v) is 3.31. The van der Waals surface area contributed by atoms with Crippen LogP contribution in [-0.4, -0.2) is 24.6 Å². The maximum absolute atomic E-state index is 12.4. The lowest BCUT2D eigenvalue weighted by Gasteiger charge is -2.12. The third-order valence-corrected chi connectivity index (χ3v) is 5.13. The molecule has 1 N–H and O–H groups in total. The zero-order valence-corrected chi connectivity index (χ0v) is 17.8. The summed E-state index contributed by atoms with van der Waals surface area (Å²) in [5.74, 6) is 1.64. The summed E-state index contributed by atoms with van der Waals surface area (Å²) in [5.41, 5.74) is 4.97. The number of amides is 1. The monoisotopic (exact) mass is 416 g/mol. The standard InChI is InChI=1S/C25H24N2O4/c1-4-17-8-10-18(11-9-17)30-15-24(28)26-21-7-5-6-20(16(21)2)25-27-22-14-19(29-3)12-13-23(22)31-25/h5-14H,4,15H2,1-3H3,(H,26,28). The molecule has 0 atom stereocenters. The van der Waals surface area contributed by atoms with Gasteiger partial charge in [0.2, 0.25) is 5.89 Å². The van der Waals surface area contributed by atoms with Gasteiger partial charge in [0.05, 0.1) is 7.11 Å². The second kappa shape index (κ2) is 8.92. The minimum absolute atomic E-state index is 0.0716. The lowest BCUT2D eigenvalue weighted by Crippen LogP contribution is -2.20. The molecule has 0 aliphatic heterocycles. The van der Waals surface area contributed by atoms with Crippen LogP contribution in [0.2, 0.25) is 0 Å². The van der Waals surface area contributed by atoms with Crippen LogP contribution in [0.1, 0.15) is 18.1 Å². The van der Waals surface area contributed by atoms with E-state index in [1.807, 2.05) is 67.6 Å². The van der Waals surface area contributed by atoms with Gasteiger partial charge < -0.3 is 19.2 Å². The van der Waals surface area contributed by atoms with Crippen LogP contribution in [0.15, 0.2) is 65.1 Å². The van der Waals surface area contributed by atoms with E-state index in [-0.39, 0.29) is 12.5 Å². The number of hydrogen-bond donors (Lipinski definition) is 1. The van der Waals surface area contributed by atoms with Gasteiger partial charge in [-0.1, -0.05) is 25.1 Å². The second-order valence-electron chi connectivity index (χ2n) is 7.17. The average molecular weight is 416 g/mol. The van der Waals surface area contributed by atoms with E-state index >= 15 is 0 Å². The van der Waals surface area contributed by atoms with Crippen LogP contribution < -0.4 is 14.8 Å². The molecule has 1 aromatic heterocycles. The molecule has 158 valence electrons. The van der Waals surface area contributed by atoms with Gasteiger partial charge in [0.25, 0.3) is 5.91 Å². The van der Waals surface area contributed by atoms with Crippen molar-refractivity contribution in [3.63, 3.8) is 0 Å². The number of carbonyl (C=O) groups is 1. The summed E-state index contributed by atoms with van der Waals surface area (Å²) in [6.45, 7) is 3.94. The van der Waals surface area contributed by atoms with Gasteiger partial charge >= 0.3 is 0 Å². The number of anilines is 1. The van der Waals surface area contributed by atoms with Crippen molar-refractivity contribution in [2.24, 2.45) is 0 Å². The molecule has 1 heterocycles. The number of fused-ring (bicyclic) bond motifs is 1. The molecule has 3 aromatic carbocycles. The Morgan fingerprint density at radius 2 is 1.84 bits per heavy atom. The number of aromatic nitrogens is 1. The highest BCUT2D eigenvalue weighted by molar-refractivity contribution is 5.93.